The van der Waals surface area contributed by atoms with Crippen molar-refractivity contribution >= 4 is 17.5 Å². The molecule has 1 aromatic rings. The average molecular weight is 302 g/mol. The number of anilines is 1. The summed E-state index contributed by atoms with van der Waals surface area (Å²) in [6.45, 7) is 2.54. The Bertz CT molecular complexity index is 606. The Labute approximate surface area is 130 Å². The monoisotopic (exact) mass is 302 g/mol. The molecule has 2 amide bonds. The Hall–Kier alpha value is -1.88. The molecule has 2 aliphatic rings. The number of aliphatic hydroxyl groups is 1. The minimum absolute atomic E-state index is 0.0272. The van der Waals surface area contributed by atoms with Crippen LogP contribution >= 0.6 is 0 Å². The molecular weight excluding hydrogens is 280 g/mol. The highest BCUT2D eigenvalue weighted by Crippen LogP contribution is 2.30. The molecule has 1 fully saturated rings. The van der Waals surface area contributed by atoms with Gasteiger partial charge in [-0.1, -0.05) is 12.8 Å². The first-order valence-corrected chi connectivity index (χ1v) is 7.90. The lowest BCUT2D eigenvalue weighted by Gasteiger charge is -2.22. The Morgan fingerprint density at radius 1 is 1.32 bits per heavy atom. The van der Waals surface area contributed by atoms with Crippen LogP contribution in [0.1, 0.15) is 48.5 Å². The Balaban J connectivity index is 1.68. The molecular formula is C17H22N2O3. The zero-order valence-corrected chi connectivity index (χ0v) is 12.9. The van der Waals surface area contributed by atoms with E-state index >= 15 is 0 Å². The maximum absolute atomic E-state index is 12.3. The number of carbonyl (C=O) groups excluding carboxylic acids is 2. The van der Waals surface area contributed by atoms with E-state index in [2.05, 4.69) is 5.32 Å². The van der Waals surface area contributed by atoms with Crippen molar-refractivity contribution in [1.82, 2.24) is 5.32 Å². The second-order valence-electron chi connectivity index (χ2n) is 6.38. The summed E-state index contributed by atoms with van der Waals surface area (Å²) in [6, 6.07) is 5.43. The number of rotatable bonds is 3. The van der Waals surface area contributed by atoms with Gasteiger partial charge in [-0.3, -0.25) is 9.59 Å². The van der Waals surface area contributed by atoms with Gasteiger partial charge in [-0.15, -0.1) is 0 Å². The quantitative estimate of drug-likeness (QED) is 0.891. The van der Waals surface area contributed by atoms with Crippen molar-refractivity contribution in [3.8, 4) is 0 Å². The van der Waals surface area contributed by atoms with Gasteiger partial charge in [-0.2, -0.15) is 0 Å². The first kappa shape index (κ1) is 15.0. The van der Waals surface area contributed by atoms with Gasteiger partial charge in [0.25, 0.3) is 5.91 Å². The van der Waals surface area contributed by atoms with Gasteiger partial charge in [0.1, 0.15) is 0 Å². The number of benzene rings is 1. The van der Waals surface area contributed by atoms with Crippen LogP contribution in [-0.4, -0.2) is 35.6 Å². The second kappa shape index (κ2) is 5.72. The fraction of sp³-hybridized carbons (Fsp3) is 0.529. The number of carbonyl (C=O) groups is 2. The third kappa shape index (κ3) is 2.86. The van der Waals surface area contributed by atoms with E-state index in [0.29, 0.717) is 18.7 Å². The molecule has 1 aliphatic carbocycles. The minimum atomic E-state index is -0.738. The van der Waals surface area contributed by atoms with E-state index in [9.17, 15) is 14.7 Å². The lowest BCUT2D eigenvalue weighted by atomic mass is 10.0. The lowest BCUT2D eigenvalue weighted by molar-refractivity contribution is -0.116. The fourth-order valence-electron chi connectivity index (χ4n) is 3.43. The summed E-state index contributed by atoms with van der Waals surface area (Å²) in [6.07, 6.45) is 4.33. The number of hydrogen-bond donors (Lipinski definition) is 2. The molecule has 1 aromatic carbocycles. The number of hydrogen-bond acceptors (Lipinski definition) is 3. The molecule has 0 aromatic heterocycles. The molecule has 5 heteroatoms. The van der Waals surface area contributed by atoms with Crippen LogP contribution in [0.2, 0.25) is 0 Å². The molecule has 0 radical (unpaired) electrons. The predicted molar refractivity (Wildman–Crippen MR) is 83.9 cm³/mol. The maximum Gasteiger partial charge on any atom is 0.251 e. The van der Waals surface area contributed by atoms with Gasteiger partial charge in [0.05, 0.1) is 5.60 Å². The van der Waals surface area contributed by atoms with E-state index in [4.69, 9.17) is 0 Å². The van der Waals surface area contributed by atoms with Gasteiger partial charge in [0.15, 0.2) is 0 Å². The van der Waals surface area contributed by atoms with Crippen molar-refractivity contribution in [2.24, 2.45) is 0 Å². The summed E-state index contributed by atoms with van der Waals surface area (Å²) in [5.74, 6) is -0.135. The normalized spacial score (nSPS) is 19.1. The molecule has 118 valence electrons. The van der Waals surface area contributed by atoms with Crippen LogP contribution in [0.5, 0.6) is 0 Å². The predicted octanol–water partition coefficient (Wildman–Crippen LogP) is 1.63. The smallest absolute Gasteiger partial charge is 0.251 e. The molecule has 0 unspecified atom stereocenters. The summed E-state index contributed by atoms with van der Waals surface area (Å²) < 4.78 is 0. The molecule has 0 saturated heterocycles. The van der Waals surface area contributed by atoms with Crippen LogP contribution < -0.4 is 10.2 Å². The van der Waals surface area contributed by atoms with E-state index in [-0.39, 0.29) is 11.8 Å². The number of nitrogens with zero attached hydrogens (tertiary/aromatic N) is 1. The first-order chi connectivity index (χ1) is 10.5. The average Bonchev–Trinajstić information content (AvgIpc) is 3.10. The largest absolute Gasteiger partial charge is 0.388 e. The van der Waals surface area contributed by atoms with E-state index in [1.807, 2.05) is 12.1 Å². The molecule has 0 atom stereocenters. The summed E-state index contributed by atoms with van der Waals surface area (Å²) in [7, 11) is 0. The summed E-state index contributed by atoms with van der Waals surface area (Å²) in [5.41, 5.74) is 1.78. The standard InChI is InChI=1S/C17H22N2O3/c1-12(20)19-9-6-13-10-14(4-5-15(13)19)16(21)18-11-17(22)7-2-3-8-17/h4-5,10,22H,2-3,6-9,11H2,1H3,(H,18,21). The molecule has 3 rings (SSSR count). The van der Waals surface area contributed by atoms with Crippen LogP contribution in [0.25, 0.3) is 0 Å². The Morgan fingerprint density at radius 3 is 2.73 bits per heavy atom. The van der Waals surface area contributed by atoms with Crippen molar-refractivity contribution in [2.45, 2.75) is 44.6 Å². The SMILES string of the molecule is CC(=O)N1CCc2cc(C(=O)NCC3(O)CCCC3)ccc21. The van der Waals surface area contributed by atoms with Crippen LogP contribution in [-0.2, 0) is 11.2 Å². The maximum atomic E-state index is 12.3. The van der Waals surface area contributed by atoms with Crippen LogP contribution in [0.4, 0.5) is 5.69 Å². The highest BCUT2D eigenvalue weighted by molar-refractivity contribution is 5.97. The third-order valence-corrected chi connectivity index (χ3v) is 4.73. The molecule has 1 saturated carbocycles. The summed E-state index contributed by atoms with van der Waals surface area (Å²) >= 11 is 0. The summed E-state index contributed by atoms with van der Waals surface area (Å²) in [5, 5.41) is 13.1. The van der Waals surface area contributed by atoms with Gasteiger partial charge >= 0.3 is 0 Å². The van der Waals surface area contributed by atoms with Crippen LogP contribution in [0, 0.1) is 0 Å². The first-order valence-electron chi connectivity index (χ1n) is 7.90. The van der Waals surface area contributed by atoms with E-state index in [0.717, 1.165) is 43.4 Å². The van der Waals surface area contributed by atoms with Gasteiger partial charge < -0.3 is 15.3 Å². The van der Waals surface area contributed by atoms with Gasteiger partial charge in [0, 0.05) is 31.3 Å². The van der Waals surface area contributed by atoms with Crippen molar-refractivity contribution in [3.05, 3.63) is 29.3 Å². The molecule has 0 spiro atoms. The lowest BCUT2D eigenvalue weighted by Crippen LogP contribution is -2.40. The molecule has 2 N–H and O–H groups in total. The highest BCUT2D eigenvalue weighted by atomic mass is 16.3. The van der Waals surface area contributed by atoms with Crippen molar-refractivity contribution < 1.29 is 14.7 Å². The summed E-state index contributed by atoms with van der Waals surface area (Å²) in [4.78, 5) is 25.5. The molecule has 0 bridgehead atoms. The minimum Gasteiger partial charge on any atom is -0.388 e. The van der Waals surface area contributed by atoms with Crippen LogP contribution in [0.3, 0.4) is 0 Å². The number of amides is 2. The molecule has 22 heavy (non-hydrogen) atoms. The van der Waals surface area contributed by atoms with Gasteiger partial charge in [0.2, 0.25) is 5.91 Å². The number of fused-ring (bicyclic) bond motifs is 1. The van der Waals surface area contributed by atoms with Gasteiger partial charge in [-0.25, -0.2) is 0 Å². The zero-order valence-electron chi connectivity index (χ0n) is 12.9. The van der Waals surface area contributed by atoms with E-state index in [1.165, 1.54) is 0 Å². The van der Waals surface area contributed by atoms with Crippen molar-refractivity contribution in [2.75, 3.05) is 18.0 Å². The Morgan fingerprint density at radius 2 is 2.05 bits per heavy atom. The van der Waals surface area contributed by atoms with Crippen molar-refractivity contribution in [3.63, 3.8) is 0 Å². The molecule has 1 aliphatic heterocycles. The number of nitrogens with one attached hydrogen (secondary N) is 1. The third-order valence-electron chi connectivity index (χ3n) is 4.73. The molecule has 5 nitrogen and oxygen atoms in total. The van der Waals surface area contributed by atoms with E-state index in [1.54, 1.807) is 17.9 Å². The topological polar surface area (TPSA) is 69.6 Å². The van der Waals surface area contributed by atoms with Crippen LogP contribution in [0.15, 0.2) is 18.2 Å². The molecule has 1 heterocycles. The van der Waals surface area contributed by atoms with E-state index < -0.39 is 5.60 Å². The highest BCUT2D eigenvalue weighted by Gasteiger charge is 2.31. The second-order valence-corrected chi connectivity index (χ2v) is 6.38. The fourth-order valence-corrected chi connectivity index (χ4v) is 3.43. The Kier molecular flexibility index (Phi) is 3.91. The van der Waals surface area contributed by atoms with Gasteiger partial charge in [-0.05, 0) is 43.0 Å². The zero-order chi connectivity index (χ0) is 15.7. The van der Waals surface area contributed by atoms with Crippen molar-refractivity contribution in [1.29, 1.82) is 0 Å².